The Morgan fingerprint density at radius 2 is 2.12 bits per heavy atom. The average Bonchev–Trinajstić information content (AvgIpc) is 2.73. The van der Waals surface area contributed by atoms with Crippen LogP contribution < -0.4 is 10.6 Å². The Kier molecular flexibility index (Phi) is 3.04. The van der Waals surface area contributed by atoms with Crippen molar-refractivity contribution in [1.82, 2.24) is 14.8 Å². The van der Waals surface area contributed by atoms with E-state index < -0.39 is 6.03 Å². The van der Waals surface area contributed by atoms with Gasteiger partial charge in [0.15, 0.2) is 0 Å². The second kappa shape index (κ2) is 4.65. The molecular weight excluding hydrogens is 218 g/mol. The Balaban J connectivity index is 2.22. The van der Waals surface area contributed by atoms with E-state index >= 15 is 0 Å². The van der Waals surface area contributed by atoms with Gasteiger partial charge in [0.05, 0.1) is 6.54 Å². The highest BCUT2D eigenvalue weighted by Gasteiger charge is 2.16. The highest BCUT2D eigenvalue weighted by molar-refractivity contribution is 5.88. The summed E-state index contributed by atoms with van der Waals surface area (Å²) in [7, 11) is 1.73. The molecule has 0 bridgehead atoms. The van der Waals surface area contributed by atoms with Gasteiger partial charge < -0.3 is 5.73 Å². The molecule has 0 aliphatic heterocycles. The van der Waals surface area contributed by atoms with E-state index in [1.807, 2.05) is 30.3 Å². The number of urea groups is 1. The zero-order valence-corrected chi connectivity index (χ0v) is 9.45. The summed E-state index contributed by atoms with van der Waals surface area (Å²) in [5.74, 6) is 0.309. The van der Waals surface area contributed by atoms with Crippen molar-refractivity contribution in [2.45, 2.75) is 6.54 Å². The average molecular weight is 231 g/mol. The number of nitrogens with zero attached hydrogens (tertiary/aromatic N) is 4. The molecule has 0 saturated heterocycles. The number of amides is 2. The van der Waals surface area contributed by atoms with Crippen LogP contribution in [0.25, 0.3) is 0 Å². The maximum Gasteiger partial charge on any atom is 0.322 e. The normalized spacial score (nSPS) is 10.2. The van der Waals surface area contributed by atoms with Crippen molar-refractivity contribution < 1.29 is 4.79 Å². The first-order valence-corrected chi connectivity index (χ1v) is 5.13. The summed E-state index contributed by atoms with van der Waals surface area (Å²) in [6.07, 6.45) is 1.52. The van der Waals surface area contributed by atoms with Crippen LogP contribution >= 0.6 is 0 Å². The smallest absolute Gasteiger partial charge is 0.322 e. The second-order valence-corrected chi connectivity index (χ2v) is 3.63. The monoisotopic (exact) mass is 231 g/mol. The Labute approximate surface area is 98.7 Å². The van der Waals surface area contributed by atoms with Crippen LogP contribution in [0.2, 0.25) is 0 Å². The first-order chi connectivity index (χ1) is 8.16. The number of nitrogens with two attached hydrogens (primary N) is 1. The molecule has 2 aromatic rings. The summed E-state index contributed by atoms with van der Waals surface area (Å²) in [5, 5.41) is 4.06. The van der Waals surface area contributed by atoms with E-state index in [2.05, 4.69) is 10.1 Å². The second-order valence-electron chi connectivity index (χ2n) is 3.63. The molecule has 0 aliphatic rings. The van der Waals surface area contributed by atoms with Crippen LogP contribution in [0.5, 0.6) is 0 Å². The van der Waals surface area contributed by atoms with Crippen molar-refractivity contribution in [3.8, 4) is 0 Å². The van der Waals surface area contributed by atoms with E-state index in [1.165, 1.54) is 15.9 Å². The standard InChI is InChI=1S/C11H13N5O/c1-15-8-13-11(14-15)16(10(12)17)7-9-5-3-2-4-6-9/h2-6,8H,7H2,1H3,(H2,12,17). The topological polar surface area (TPSA) is 77.0 Å². The minimum absolute atomic E-state index is 0.309. The Bertz CT molecular complexity index is 508. The number of aryl methyl sites for hydroxylation is 1. The van der Waals surface area contributed by atoms with E-state index in [0.717, 1.165) is 5.56 Å². The molecule has 0 atom stereocenters. The highest BCUT2D eigenvalue weighted by Crippen LogP contribution is 2.11. The van der Waals surface area contributed by atoms with Gasteiger partial charge in [-0.2, -0.15) is 0 Å². The van der Waals surface area contributed by atoms with Gasteiger partial charge in [-0.05, 0) is 5.56 Å². The Hall–Kier alpha value is -2.37. The van der Waals surface area contributed by atoms with Crippen molar-refractivity contribution in [2.75, 3.05) is 4.90 Å². The van der Waals surface area contributed by atoms with E-state index in [4.69, 9.17) is 5.73 Å². The molecule has 1 heterocycles. The van der Waals surface area contributed by atoms with Crippen molar-refractivity contribution >= 4 is 12.0 Å². The molecule has 6 heteroatoms. The first kappa shape index (κ1) is 11.1. The third kappa shape index (κ3) is 2.60. The predicted molar refractivity (Wildman–Crippen MR) is 63.2 cm³/mol. The number of anilines is 1. The van der Waals surface area contributed by atoms with Gasteiger partial charge in [0.25, 0.3) is 5.95 Å². The van der Waals surface area contributed by atoms with Gasteiger partial charge >= 0.3 is 6.03 Å². The highest BCUT2D eigenvalue weighted by atomic mass is 16.2. The maximum atomic E-state index is 11.4. The molecular formula is C11H13N5O. The molecule has 0 saturated carbocycles. The van der Waals surface area contributed by atoms with Crippen molar-refractivity contribution in [3.63, 3.8) is 0 Å². The van der Waals surface area contributed by atoms with Crippen LogP contribution in [0.1, 0.15) is 5.56 Å². The van der Waals surface area contributed by atoms with E-state index in [1.54, 1.807) is 7.05 Å². The number of primary amides is 1. The van der Waals surface area contributed by atoms with Gasteiger partial charge in [0.2, 0.25) is 0 Å². The maximum absolute atomic E-state index is 11.4. The fourth-order valence-electron chi connectivity index (χ4n) is 1.46. The zero-order chi connectivity index (χ0) is 12.3. The molecule has 0 aliphatic carbocycles. The lowest BCUT2D eigenvalue weighted by molar-refractivity contribution is 0.253. The van der Waals surface area contributed by atoms with Gasteiger partial charge in [-0.1, -0.05) is 30.3 Å². The number of carbonyl (C=O) groups excluding carboxylic acids is 1. The minimum Gasteiger partial charge on any atom is -0.351 e. The van der Waals surface area contributed by atoms with Crippen LogP contribution in [0.4, 0.5) is 10.7 Å². The van der Waals surface area contributed by atoms with E-state index in [-0.39, 0.29) is 0 Å². The number of rotatable bonds is 3. The predicted octanol–water partition coefficient (Wildman–Crippen LogP) is 0.900. The molecule has 6 nitrogen and oxygen atoms in total. The molecule has 0 radical (unpaired) electrons. The lowest BCUT2D eigenvalue weighted by atomic mass is 10.2. The lowest BCUT2D eigenvalue weighted by Gasteiger charge is -2.16. The number of carbonyl (C=O) groups is 1. The number of hydrogen-bond donors (Lipinski definition) is 1. The van der Waals surface area contributed by atoms with Crippen molar-refractivity contribution in [1.29, 1.82) is 0 Å². The van der Waals surface area contributed by atoms with E-state index in [0.29, 0.717) is 12.5 Å². The molecule has 2 rings (SSSR count). The molecule has 0 unspecified atom stereocenters. The van der Waals surface area contributed by atoms with Gasteiger partial charge in [0, 0.05) is 7.05 Å². The number of aromatic nitrogens is 3. The number of benzene rings is 1. The van der Waals surface area contributed by atoms with Crippen LogP contribution in [-0.4, -0.2) is 20.8 Å². The molecule has 0 spiro atoms. The fourth-order valence-corrected chi connectivity index (χ4v) is 1.46. The minimum atomic E-state index is -0.569. The Morgan fingerprint density at radius 3 is 2.65 bits per heavy atom. The third-order valence-corrected chi connectivity index (χ3v) is 2.28. The molecule has 2 N–H and O–H groups in total. The zero-order valence-electron chi connectivity index (χ0n) is 9.45. The van der Waals surface area contributed by atoms with Gasteiger partial charge in [-0.3, -0.25) is 9.58 Å². The summed E-state index contributed by atoms with van der Waals surface area (Å²) < 4.78 is 1.52. The van der Waals surface area contributed by atoms with Gasteiger partial charge in [-0.15, -0.1) is 5.10 Å². The van der Waals surface area contributed by atoms with Gasteiger partial charge in [0.1, 0.15) is 6.33 Å². The quantitative estimate of drug-likeness (QED) is 0.852. The SMILES string of the molecule is Cn1cnc(N(Cc2ccccc2)C(N)=O)n1. The van der Waals surface area contributed by atoms with Gasteiger partial charge in [-0.25, -0.2) is 9.78 Å². The molecule has 17 heavy (non-hydrogen) atoms. The van der Waals surface area contributed by atoms with E-state index in [9.17, 15) is 4.79 Å². The Morgan fingerprint density at radius 1 is 1.41 bits per heavy atom. The van der Waals surface area contributed by atoms with Crippen molar-refractivity contribution in [3.05, 3.63) is 42.2 Å². The third-order valence-electron chi connectivity index (χ3n) is 2.28. The first-order valence-electron chi connectivity index (χ1n) is 5.13. The number of hydrogen-bond acceptors (Lipinski definition) is 3. The van der Waals surface area contributed by atoms with Crippen LogP contribution in [0.3, 0.4) is 0 Å². The van der Waals surface area contributed by atoms with Crippen LogP contribution in [0, 0.1) is 0 Å². The summed E-state index contributed by atoms with van der Waals surface area (Å²) >= 11 is 0. The summed E-state index contributed by atoms with van der Waals surface area (Å²) in [6.45, 7) is 0.361. The summed E-state index contributed by atoms with van der Waals surface area (Å²) in [4.78, 5) is 16.7. The largest absolute Gasteiger partial charge is 0.351 e. The molecule has 0 fully saturated rings. The van der Waals surface area contributed by atoms with Crippen molar-refractivity contribution in [2.24, 2.45) is 12.8 Å². The molecule has 1 aromatic heterocycles. The summed E-state index contributed by atoms with van der Waals surface area (Å²) in [5.41, 5.74) is 6.29. The molecule has 88 valence electrons. The molecule has 1 aromatic carbocycles. The summed E-state index contributed by atoms with van der Waals surface area (Å²) in [6, 6.07) is 8.98. The lowest BCUT2D eigenvalue weighted by Crippen LogP contribution is -2.36. The fraction of sp³-hybridized carbons (Fsp3) is 0.182. The molecule has 2 amide bonds. The van der Waals surface area contributed by atoms with Crippen LogP contribution in [-0.2, 0) is 13.6 Å². The van der Waals surface area contributed by atoms with Crippen LogP contribution in [0.15, 0.2) is 36.7 Å².